The average molecular weight is 302 g/mol. The van der Waals surface area contributed by atoms with E-state index in [1.807, 2.05) is 27.7 Å². The molecule has 0 spiro atoms. The fourth-order valence-corrected chi connectivity index (χ4v) is 1.96. The van der Waals surface area contributed by atoms with E-state index in [1.165, 1.54) is 4.90 Å². The number of nitrogens with zero attached hydrogens (tertiary/aromatic N) is 1. The fraction of sp³-hybridized carbons (Fsp3) is 0.857. The van der Waals surface area contributed by atoms with Crippen LogP contribution in [-0.4, -0.2) is 55.2 Å². The third-order valence-electron chi connectivity index (χ3n) is 3.04. The van der Waals surface area contributed by atoms with Gasteiger partial charge in [0.2, 0.25) is 5.91 Å². The molecule has 0 aliphatic carbocycles. The minimum Gasteiger partial charge on any atom is -0.422 e. The van der Waals surface area contributed by atoms with E-state index in [9.17, 15) is 9.59 Å². The molecular formula is C14H26N2O5. The molecule has 1 aliphatic rings. The Morgan fingerprint density at radius 3 is 2.48 bits per heavy atom. The Hall–Kier alpha value is -1.34. The lowest BCUT2D eigenvalue weighted by molar-refractivity contribution is -0.128. The number of carbonyl (C=O) groups excluding carboxylic acids is 2. The molecule has 1 heterocycles. The Bertz CT molecular complexity index is 314. The topological polar surface area (TPSA) is 77.1 Å². The van der Waals surface area contributed by atoms with Gasteiger partial charge in [-0.3, -0.25) is 9.69 Å². The van der Waals surface area contributed by atoms with Crippen molar-refractivity contribution in [1.82, 2.24) is 10.2 Å². The van der Waals surface area contributed by atoms with Gasteiger partial charge in [0.15, 0.2) is 6.79 Å². The Labute approximate surface area is 125 Å². The Morgan fingerprint density at radius 1 is 1.19 bits per heavy atom. The van der Waals surface area contributed by atoms with Crippen LogP contribution in [0.15, 0.2) is 0 Å². The molecule has 1 fully saturated rings. The molecule has 1 N–H and O–H groups in total. The Kier molecular flexibility index (Phi) is 7.45. The quantitative estimate of drug-likeness (QED) is 0.721. The Morgan fingerprint density at radius 2 is 1.86 bits per heavy atom. The molecule has 1 unspecified atom stereocenters. The highest BCUT2D eigenvalue weighted by atomic mass is 16.7. The number of rotatable bonds is 7. The third kappa shape index (κ3) is 6.31. The zero-order valence-corrected chi connectivity index (χ0v) is 13.3. The van der Waals surface area contributed by atoms with Crippen molar-refractivity contribution < 1.29 is 23.8 Å². The van der Waals surface area contributed by atoms with Gasteiger partial charge in [-0.15, -0.1) is 0 Å². The largest absolute Gasteiger partial charge is 0.422 e. The summed E-state index contributed by atoms with van der Waals surface area (Å²) in [5.74, 6) is -0.213. The lowest BCUT2D eigenvalue weighted by Gasteiger charge is -2.23. The summed E-state index contributed by atoms with van der Waals surface area (Å²) in [5, 5.41) is 2.67. The molecule has 21 heavy (non-hydrogen) atoms. The van der Waals surface area contributed by atoms with E-state index in [4.69, 9.17) is 14.2 Å². The van der Waals surface area contributed by atoms with Gasteiger partial charge in [-0.05, 0) is 40.5 Å². The molecule has 0 saturated carbocycles. The fourth-order valence-electron chi connectivity index (χ4n) is 1.96. The van der Waals surface area contributed by atoms with Crippen molar-refractivity contribution >= 4 is 12.0 Å². The van der Waals surface area contributed by atoms with Crippen LogP contribution in [0.1, 0.15) is 40.5 Å². The molecule has 7 nitrogen and oxygen atoms in total. The van der Waals surface area contributed by atoms with Crippen molar-refractivity contribution in [3.63, 3.8) is 0 Å². The van der Waals surface area contributed by atoms with Crippen LogP contribution in [0, 0.1) is 0 Å². The smallest absolute Gasteiger partial charge is 0.412 e. The van der Waals surface area contributed by atoms with Gasteiger partial charge in [0.1, 0.15) is 12.8 Å². The Balaban J connectivity index is 2.39. The summed E-state index contributed by atoms with van der Waals surface area (Å²) in [6.45, 7) is 8.05. The van der Waals surface area contributed by atoms with Crippen molar-refractivity contribution in [2.75, 3.05) is 20.1 Å². The van der Waals surface area contributed by atoms with Gasteiger partial charge in [0, 0.05) is 6.54 Å². The van der Waals surface area contributed by atoms with Crippen LogP contribution in [0.5, 0.6) is 0 Å². The third-order valence-corrected chi connectivity index (χ3v) is 3.04. The molecule has 2 amide bonds. The average Bonchev–Trinajstić information content (AvgIpc) is 2.86. The molecule has 122 valence electrons. The van der Waals surface area contributed by atoms with Gasteiger partial charge in [-0.1, -0.05) is 0 Å². The molecule has 0 bridgehead atoms. The van der Waals surface area contributed by atoms with Crippen molar-refractivity contribution in [1.29, 1.82) is 0 Å². The van der Waals surface area contributed by atoms with Crippen LogP contribution in [0.4, 0.5) is 4.79 Å². The van der Waals surface area contributed by atoms with Crippen LogP contribution in [-0.2, 0) is 19.0 Å². The van der Waals surface area contributed by atoms with Crippen LogP contribution >= 0.6 is 0 Å². The predicted octanol–water partition coefficient (Wildman–Crippen LogP) is 1.47. The van der Waals surface area contributed by atoms with E-state index in [0.717, 1.165) is 6.42 Å². The van der Waals surface area contributed by atoms with E-state index in [-0.39, 0.29) is 31.6 Å². The monoisotopic (exact) mass is 302 g/mol. The molecule has 0 radical (unpaired) electrons. The standard InChI is InChI=1S/C14H26N2O5/c1-10(2)19-8-15-13(17)12-6-5-7-16(12)14(18)21-9-20-11(3)4/h10-12H,5-9H2,1-4H3,(H,15,17). The molecule has 1 aliphatic heterocycles. The highest BCUT2D eigenvalue weighted by Gasteiger charge is 2.35. The van der Waals surface area contributed by atoms with E-state index in [2.05, 4.69) is 5.32 Å². The van der Waals surface area contributed by atoms with E-state index in [1.54, 1.807) is 0 Å². The maximum Gasteiger partial charge on any atom is 0.412 e. The van der Waals surface area contributed by atoms with Crippen LogP contribution in [0.3, 0.4) is 0 Å². The molecule has 1 saturated heterocycles. The number of hydrogen-bond donors (Lipinski definition) is 1. The lowest BCUT2D eigenvalue weighted by atomic mass is 10.2. The van der Waals surface area contributed by atoms with E-state index < -0.39 is 12.1 Å². The number of likely N-dealkylation sites (tertiary alicyclic amines) is 1. The first-order valence-corrected chi connectivity index (χ1v) is 7.36. The highest BCUT2D eigenvalue weighted by Crippen LogP contribution is 2.18. The number of amides is 2. The summed E-state index contributed by atoms with van der Waals surface area (Å²) in [6, 6.07) is -0.493. The van der Waals surface area contributed by atoms with Crippen molar-refractivity contribution in [2.24, 2.45) is 0 Å². The normalized spacial score (nSPS) is 18.4. The maximum absolute atomic E-state index is 12.1. The number of carbonyl (C=O) groups is 2. The van der Waals surface area contributed by atoms with Crippen molar-refractivity contribution in [2.45, 2.75) is 58.8 Å². The molecular weight excluding hydrogens is 276 g/mol. The number of ether oxygens (including phenoxy) is 3. The molecule has 0 aromatic carbocycles. The molecule has 1 atom stereocenters. The first-order chi connectivity index (χ1) is 9.91. The van der Waals surface area contributed by atoms with Gasteiger partial charge >= 0.3 is 6.09 Å². The second kappa shape index (κ2) is 8.84. The minimum absolute atomic E-state index is 0.0105. The second-order valence-electron chi connectivity index (χ2n) is 5.50. The summed E-state index contributed by atoms with van der Waals surface area (Å²) in [4.78, 5) is 25.4. The van der Waals surface area contributed by atoms with E-state index in [0.29, 0.717) is 13.0 Å². The summed E-state index contributed by atoms with van der Waals surface area (Å²) in [6.07, 6.45) is 0.932. The summed E-state index contributed by atoms with van der Waals surface area (Å²) >= 11 is 0. The zero-order chi connectivity index (χ0) is 15.8. The van der Waals surface area contributed by atoms with E-state index >= 15 is 0 Å². The predicted molar refractivity (Wildman–Crippen MR) is 76.5 cm³/mol. The zero-order valence-electron chi connectivity index (χ0n) is 13.3. The van der Waals surface area contributed by atoms with Gasteiger partial charge < -0.3 is 19.5 Å². The molecule has 0 aromatic heterocycles. The van der Waals surface area contributed by atoms with Crippen LogP contribution in [0.2, 0.25) is 0 Å². The SMILES string of the molecule is CC(C)OCNC(=O)C1CCCN1C(=O)OCOC(C)C. The van der Waals surface area contributed by atoms with Crippen LogP contribution in [0.25, 0.3) is 0 Å². The molecule has 0 aromatic rings. The lowest BCUT2D eigenvalue weighted by Crippen LogP contribution is -2.47. The molecule has 1 rings (SSSR count). The summed E-state index contributed by atoms with van der Waals surface area (Å²) in [7, 11) is 0. The second-order valence-corrected chi connectivity index (χ2v) is 5.50. The van der Waals surface area contributed by atoms with Gasteiger partial charge in [-0.25, -0.2) is 4.79 Å². The van der Waals surface area contributed by atoms with Gasteiger partial charge in [0.25, 0.3) is 0 Å². The molecule has 7 heteroatoms. The van der Waals surface area contributed by atoms with Crippen LogP contribution < -0.4 is 5.32 Å². The first kappa shape index (κ1) is 17.7. The van der Waals surface area contributed by atoms with Crippen molar-refractivity contribution in [3.8, 4) is 0 Å². The maximum atomic E-state index is 12.1. The summed E-state index contributed by atoms with van der Waals surface area (Å²) in [5.41, 5.74) is 0. The number of hydrogen-bond acceptors (Lipinski definition) is 5. The van der Waals surface area contributed by atoms with Crippen molar-refractivity contribution in [3.05, 3.63) is 0 Å². The van der Waals surface area contributed by atoms with Gasteiger partial charge in [-0.2, -0.15) is 0 Å². The van der Waals surface area contributed by atoms with Gasteiger partial charge in [0.05, 0.1) is 12.2 Å². The summed E-state index contributed by atoms with van der Waals surface area (Å²) < 4.78 is 15.5. The number of nitrogens with one attached hydrogen (secondary N) is 1. The highest BCUT2D eigenvalue weighted by molar-refractivity contribution is 5.86. The first-order valence-electron chi connectivity index (χ1n) is 7.36. The minimum atomic E-state index is -0.516.